The summed E-state index contributed by atoms with van der Waals surface area (Å²) in [4.78, 5) is 0. The van der Waals surface area contributed by atoms with Crippen LogP contribution < -0.4 is 5.32 Å². The lowest BCUT2D eigenvalue weighted by atomic mass is 9.62. The highest BCUT2D eigenvalue weighted by molar-refractivity contribution is 5.36. The van der Waals surface area contributed by atoms with E-state index in [0.717, 1.165) is 31.6 Å². The summed E-state index contributed by atoms with van der Waals surface area (Å²) < 4.78 is 5.14. The molecular formula is C14H16N2O. The minimum atomic E-state index is -0.260. The lowest BCUT2D eigenvalue weighted by Crippen LogP contribution is -2.58. The van der Waals surface area contributed by atoms with Crippen LogP contribution in [0.4, 0.5) is 0 Å². The third-order valence-corrected chi connectivity index (χ3v) is 3.84. The topological polar surface area (TPSA) is 45.0 Å². The number of benzene rings is 1. The van der Waals surface area contributed by atoms with Crippen molar-refractivity contribution >= 4 is 0 Å². The summed E-state index contributed by atoms with van der Waals surface area (Å²) in [7, 11) is 0. The Morgan fingerprint density at radius 1 is 1.18 bits per heavy atom. The van der Waals surface area contributed by atoms with Crippen LogP contribution in [0.3, 0.4) is 0 Å². The Morgan fingerprint density at radius 3 is 2.41 bits per heavy atom. The van der Waals surface area contributed by atoms with E-state index < -0.39 is 0 Å². The van der Waals surface area contributed by atoms with E-state index in [2.05, 4.69) is 23.5 Å². The van der Waals surface area contributed by atoms with Crippen LogP contribution in [0, 0.1) is 11.3 Å². The second kappa shape index (κ2) is 4.14. The van der Waals surface area contributed by atoms with E-state index in [1.54, 1.807) is 0 Å². The number of ether oxygens (including phenoxy) is 1. The molecule has 88 valence electrons. The molecule has 3 rings (SSSR count). The predicted octanol–water partition coefficient (Wildman–Crippen LogP) is 1.60. The predicted molar refractivity (Wildman–Crippen MR) is 64.5 cm³/mol. The SMILES string of the molecule is N#CC1(c2ccccc2)CC(NC2COC2)C1. The number of hydrogen-bond donors (Lipinski definition) is 1. The molecule has 0 spiro atoms. The monoisotopic (exact) mass is 228 g/mol. The fourth-order valence-electron chi connectivity index (χ4n) is 2.71. The van der Waals surface area contributed by atoms with Crippen molar-refractivity contribution in [3.63, 3.8) is 0 Å². The van der Waals surface area contributed by atoms with Gasteiger partial charge < -0.3 is 10.1 Å². The second-order valence-electron chi connectivity index (χ2n) is 5.07. The van der Waals surface area contributed by atoms with Gasteiger partial charge in [0.15, 0.2) is 0 Å². The van der Waals surface area contributed by atoms with Gasteiger partial charge in [-0.15, -0.1) is 0 Å². The van der Waals surface area contributed by atoms with Gasteiger partial charge in [-0.2, -0.15) is 5.26 Å². The molecule has 3 heteroatoms. The van der Waals surface area contributed by atoms with E-state index in [4.69, 9.17) is 4.74 Å². The molecule has 0 bridgehead atoms. The van der Waals surface area contributed by atoms with Gasteiger partial charge in [0.05, 0.1) is 30.7 Å². The summed E-state index contributed by atoms with van der Waals surface area (Å²) in [5, 5.41) is 12.9. The fourth-order valence-corrected chi connectivity index (χ4v) is 2.71. The minimum Gasteiger partial charge on any atom is -0.378 e. The lowest BCUT2D eigenvalue weighted by molar-refractivity contribution is -0.0181. The Hall–Kier alpha value is -1.37. The summed E-state index contributed by atoms with van der Waals surface area (Å²) >= 11 is 0. The van der Waals surface area contributed by atoms with Gasteiger partial charge in [0.1, 0.15) is 0 Å². The normalized spacial score (nSPS) is 32.3. The maximum Gasteiger partial charge on any atom is 0.0852 e. The lowest BCUT2D eigenvalue weighted by Gasteiger charge is -2.46. The number of nitrogens with one attached hydrogen (secondary N) is 1. The molecule has 1 aromatic rings. The van der Waals surface area contributed by atoms with E-state index in [0.29, 0.717) is 12.1 Å². The van der Waals surface area contributed by atoms with Crippen molar-refractivity contribution in [3.8, 4) is 6.07 Å². The van der Waals surface area contributed by atoms with Crippen LogP contribution in [-0.4, -0.2) is 25.3 Å². The van der Waals surface area contributed by atoms with E-state index in [1.165, 1.54) is 0 Å². The zero-order valence-electron chi connectivity index (χ0n) is 9.73. The molecule has 2 aliphatic rings. The van der Waals surface area contributed by atoms with Gasteiger partial charge in [-0.3, -0.25) is 0 Å². The number of hydrogen-bond acceptors (Lipinski definition) is 3. The van der Waals surface area contributed by atoms with Crippen LogP contribution in [0.1, 0.15) is 18.4 Å². The summed E-state index contributed by atoms with van der Waals surface area (Å²) in [5.74, 6) is 0. The maximum absolute atomic E-state index is 9.41. The molecule has 0 atom stereocenters. The van der Waals surface area contributed by atoms with Crippen molar-refractivity contribution in [2.24, 2.45) is 0 Å². The molecule has 0 aromatic heterocycles. The van der Waals surface area contributed by atoms with Crippen LogP contribution in [0.25, 0.3) is 0 Å². The second-order valence-corrected chi connectivity index (χ2v) is 5.07. The summed E-state index contributed by atoms with van der Waals surface area (Å²) in [5.41, 5.74) is 0.897. The van der Waals surface area contributed by atoms with Crippen molar-refractivity contribution in [2.45, 2.75) is 30.3 Å². The van der Waals surface area contributed by atoms with Crippen molar-refractivity contribution in [1.82, 2.24) is 5.32 Å². The molecule has 1 aliphatic heterocycles. The molecule has 1 heterocycles. The van der Waals surface area contributed by atoms with E-state index in [1.807, 2.05) is 18.2 Å². The van der Waals surface area contributed by atoms with E-state index >= 15 is 0 Å². The Bertz CT molecular complexity index is 427. The van der Waals surface area contributed by atoms with E-state index in [-0.39, 0.29) is 5.41 Å². The van der Waals surface area contributed by atoms with Crippen LogP contribution in [0.15, 0.2) is 30.3 Å². The minimum absolute atomic E-state index is 0.260. The molecule has 17 heavy (non-hydrogen) atoms. The Balaban J connectivity index is 1.65. The number of nitriles is 1. The first kappa shape index (κ1) is 10.8. The van der Waals surface area contributed by atoms with Crippen molar-refractivity contribution in [2.75, 3.05) is 13.2 Å². The Morgan fingerprint density at radius 2 is 1.88 bits per heavy atom. The zero-order valence-corrected chi connectivity index (χ0v) is 9.73. The molecular weight excluding hydrogens is 212 g/mol. The number of nitrogens with zero attached hydrogens (tertiary/aromatic N) is 1. The third-order valence-electron chi connectivity index (χ3n) is 3.84. The highest BCUT2D eigenvalue weighted by Crippen LogP contribution is 2.43. The molecule has 1 saturated carbocycles. The highest BCUT2D eigenvalue weighted by atomic mass is 16.5. The first-order chi connectivity index (χ1) is 8.32. The van der Waals surface area contributed by atoms with Crippen LogP contribution in [0.2, 0.25) is 0 Å². The average molecular weight is 228 g/mol. The third kappa shape index (κ3) is 1.84. The largest absolute Gasteiger partial charge is 0.378 e. The first-order valence-electron chi connectivity index (χ1n) is 6.13. The maximum atomic E-state index is 9.41. The van der Waals surface area contributed by atoms with Crippen molar-refractivity contribution < 1.29 is 4.74 Å². The molecule has 1 saturated heterocycles. The average Bonchev–Trinajstić information content (AvgIpc) is 2.27. The van der Waals surface area contributed by atoms with Crippen LogP contribution in [0.5, 0.6) is 0 Å². The Kier molecular flexibility index (Phi) is 2.62. The zero-order chi connectivity index (χ0) is 11.7. The molecule has 0 amide bonds. The van der Waals surface area contributed by atoms with Crippen LogP contribution in [-0.2, 0) is 10.2 Å². The van der Waals surface area contributed by atoms with Crippen molar-refractivity contribution in [3.05, 3.63) is 35.9 Å². The smallest absolute Gasteiger partial charge is 0.0852 e. The molecule has 0 radical (unpaired) electrons. The quantitative estimate of drug-likeness (QED) is 0.854. The molecule has 1 aromatic carbocycles. The van der Waals surface area contributed by atoms with Gasteiger partial charge in [0, 0.05) is 6.04 Å². The number of rotatable bonds is 3. The van der Waals surface area contributed by atoms with Gasteiger partial charge in [-0.25, -0.2) is 0 Å². The molecule has 2 fully saturated rings. The molecule has 0 unspecified atom stereocenters. The van der Waals surface area contributed by atoms with Crippen LogP contribution >= 0.6 is 0 Å². The molecule has 3 nitrogen and oxygen atoms in total. The Labute approximate surface area is 101 Å². The van der Waals surface area contributed by atoms with Gasteiger partial charge >= 0.3 is 0 Å². The summed E-state index contributed by atoms with van der Waals surface area (Å²) in [6.45, 7) is 1.64. The van der Waals surface area contributed by atoms with Gasteiger partial charge in [0.25, 0.3) is 0 Å². The summed E-state index contributed by atoms with van der Waals surface area (Å²) in [6, 6.07) is 13.6. The van der Waals surface area contributed by atoms with Gasteiger partial charge in [-0.1, -0.05) is 30.3 Å². The first-order valence-corrected chi connectivity index (χ1v) is 6.13. The van der Waals surface area contributed by atoms with Gasteiger partial charge in [-0.05, 0) is 18.4 Å². The molecule has 1 aliphatic carbocycles. The van der Waals surface area contributed by atoms with E-state index in [9.17, 15) is 5.26 Å². The van der Waals surface area contributed by atoms with Crippen molar-refractivity contribution in [1.29, 1.82) is 5.26 Å². The summed E-state index contributed by atoms with van der Waals surface area (Å²) in [6.07, 6.45) is 1.84. The fraction of sp³-hybridized carbons (Fsp3) is 0.500. The highest BCUT2D eigenvalue weighted by Gasteiger charge is 2.46. The van der Waals surface area contributed by atoms with Gasteiger partial charge in [0.2, 0.25) is 0 Å². The standard InChI is InChI=1S/C14H16N2O/c15-10-14(11-4-2-1-3-5-11)6-12(7-14)16-13-8-17-9-13/h1-5,12-13,16H,6-9H2. The molecule has 1 N–H and O–H groups in total.